The van der Waals surface area contributed by atoms with Crippen LogP contribution in [0.4, 0.5) is 0 Å². The highest BCUT2D eigenvalue weighted by Crippen LogP contribution is 2.36. The Labute approximate surface area is 175 Å². The second-order valence-corrected chi connectivity index (χ2v) is 8.07. The van der Waals surface area contributed by atoms with Gasteiger partial charge in [0.1, 0.15) is 5.01 Å². The van der Waals surface area contributed by atoms with Crippen molar-refractivity contribution < 1.29 is 14.3 Å². The lowest BCUT2D eigenvalue weighted by molar-refractivity contribution is -0.157. The van der Waals surface area contributed by atoms with Crippen LogP contribution >= 0.6 is 11.3 Å². The summed E-state index contributed by atoms with van der Waals surface area (Å²) in [4.78, 5) is 31.6. The number of rotatable bonds is 6. The first kappa shape index (κ1) is 20.7. The third-order valence-corrected chi connectivity index (χ3v) is 5.64. The van der Waals surface area contributed by atoms with Gasteiger partial charge in [-0.2, -0.15) is 0 Å². The van der Waals surface area contributed by atoms with Crippen LogP contribution in [0, 0.1) is 6.92 Å². The monoisotopic (exact) mass is 408 g/mol. The molecule has 0 bridgehead atoms. The number of hydrogen-bond acceptors (Lipinski definition) is 5. The van der Waals surface area contributed by atoms with Crippen LogP contribution in [-0.4, -0.2) is 42.0 Å². The van der Waals surface area contributed by atoms with E-state index in [1.807, 2.05) is 61.5 Å². The van der Waals surface area contributed by atoms with E-state index in [2.05, 4.69) is 0 Å². The Morgan fingerprint density at radius 2 is 1.69 bits per heavy atom. The molecular formula is C23H24N2O3S. The van der Waals surface area contributed by atoms with Crippen LogP contribution in [0.3, 0.4) is 0 Å². The van der Waals surface area contributed by atoms with Crippen molar-refractivity contribution in [2.45, 2.75) is 26.4 Å². The van der Waals surface area contributed by atoms with Gasteiger partial charge in [-0.3, -0.25) is 9.59 Å². The summed E-state index contributed by atoms with van der Waals surface area (Å²) in [5.41, 5.74) is 3.84. The van der Waals surface area contributed by atoms with Crippen LogP contribution in [0.15, 0.2) is 54.6 Å². The number of thiazole rings is 1. The van der Waals surface area contributed by atoms with Gasteiger partial charge in [-0.25, -0.2) is 4.98 Å². The van der Waals surface area contributed by atoms with E-state index < -0.39 is 12.1 Å². The summed E-state index contributed by atoms with van der Waals surface area (Å²) in [6.07, 6.45) is -0.815. The van der Waals surface area contributed by atoms with E-state index in [1.54, 1.807) is 32.4 Å². The highest BCUT2D eigenvalue weighted by atomic mass is 32.1. The average Bonchev–Trinajstić information content (AvgIpc) is 3.12. The molecule has 0 N–H and O–H groups in total. The van der Waals surface area contributed by atoms with Crippen LogP contribution < -0.4 is 0 Å². The van der Waals surface area contributed by atoms with Crippen molar-refractivity contribution in [2.24, 2.45) is 0 Å². The molecule has 0 aliphatic carbocycles. The van der Waals surface area contributed by atoms with Gasteiger partial charge in [0.05, 0.1) is 17.0 Å². The summed E-state index contributed by atoms with van der Waals surface area (Å²) >= 11 is 1.55. The first-order valence-corrected chi connectivity index (χ1v) is 10.2. The maximum Gasteiger partial charge on any atom is 0.312 e. The Morgan fingerprint density at radius 1 is 1.03 bits per heavy atom. The summed E-state index contributed by atoms with van der Waals surface area (Å²) in [6.45, 7) is 3.62. The summed E-state index contributed by atoms with van der Waals surface area (Å²) in [7, 11) is 3.27. The minimum absolute atomic E-state index is 0.0115. The molecule has 0 aliphatic rings. The molecule has 0 saturated carbocycles. The van der Waals surface area contributed by atoms with Crippen molar-refractivity contribution >= 4 is 23.2 Å². The molecule has 1 amide bonds. The molecule has 0 spiro atoms. The molecule has 3 rings (SSSR count). The van der Waals surface area contributed by atoms with E-state index in [4.69, 9.17) is 9.72 Å². The Balaban J connectivity index is 1.90. The van der Waals surface area contributed by atoms with Crippen molar-refractivity contribution in [1.29, 1.82) is 0 Å². The zero-order valence-corrected chi connectivity index (χ0v) is 17.8. The Hall–Kier alpha value is -2.99. The molecule has 1 heterocycles. The Kier molecular flexibility index (Phi) is 6.44. The minimum Gasteiger partial charge on any atom is -0.452 e. The van der Waals surface area contributed by atoms with Gasteiger partial charge in [0.15, 0.2) is 6.10 Å². The van der Waals surface area contributed by atoms with Gasteiger partial charge in [0.25, 0.3) is 5.91 Å². The van der Waals surface area contributed by atoms with E-state index in [0.29, 0.717) is 5.69 Å². The lowest BCUT2D eigenvalue weighted by Gasteiger charge is -2.17. The number of aromatic nitrogens is 1. The third-order valence-electron chi connectivity index (χ3n) is 4.44. The minimum atomic E-state index is -0.826. The number of aryl methyl sites for hydroxylation is 1. The normalized spacial score (nSPS) is 11.7. The molecule has 5 nitrogen and oxygen atoms in total. The molecule has 2 aromatic carbocycles. The molecule has 6 heteroatoms. The van der Waals surface area contributed by atoms with Gasteiger partial charge in [-0.05, 0) is 19.4 Å². The number of benzene rings is 2. The van der Waals surface area contributed by atoms with Crippen molar-refractivity contribution in [3.8, 4) is 21.0 Å². The first-order valence-electron chi connectivity index (χ1n) is 9.38. The number of likely N-dealkylation sites (N-methyl/N-ethyl adjacent to an activating group) is 1. The van der Waals surface area contributed by atoms with Crippen molar-refractivity contribution in [3.05, 3.63) is 65.9 Å². The van der Waals surface area contributed by atoms with Crippen LogP contribution in [0.25, 0.3) is 21.0 Å². The molecular weight excluding hydrogens is 384 g/mol. The highest BCUT2D eigenvalue weighted by molar-refractivity contribution is 7.18. The van der Waals surface area contributed by atoms with Gasteiger partial charge < -0.3 is 9.64 Å². The molecule has 3 aromatic rings. The molecule has 0 saturated heterocycles. The number of amides is 1. The molecule has 0 aliphatic heterocycles. The van der Waals surface area contributed by atoms with Crippen LogP contribution in [0.1, 0.15) is 18.2 Å². The number of carbonyl (C=O) groups is 2. The van der Waals surface area contributed by atoms with Crippen LogP contribution in [-0.2, 0) is 20.7 Å². The molecule has 1 atom stereocenters. The SMILES string of the molecule is Cc1ccc(-c2sc(-c3ccccc3)nc2CC(=O)O[C@@H](C)C(=O)N(C)C)cc1. The number of esters is 1. The zero-order valence-electron chi connectivity index (χ0n) is 17.0. The predicted molar refractivity (Wildman–Crippen MR) is 116 cm³/mol. The van der Waals surface area contributed by atoms with Gasteiger partial charge in [0, 0.05) is 19.7 Å². The fraction of sp³-hybridized carbons (Fsp3) is 0.261. The Bertz CT molecular complexity index is 995. The van der Waals surface area contributed by atoms with Gasteiger partial charge in [-0.1, -0.05) is 60.2 Å². The number of hydrogen-bond donors (Lipinski definition) is 0. The smallest absolute Gasteiger partial charge is 0.312 e. The van der Waals surface area contributed by atoms with Gasteiger partial charge >= 0.3 is 5.97 Å². The van der Waals surface area contributed by atoms with E-state index in [0.717, 1.165) is 21.0 Å². The second-order valence-electron chi connectivity index (χ2n) is 7.07. The maximum absolute atomic E-state index is 12.5. The standard InChI is InChI=1S/C23H24N2O3S/c1-15-10-12-17(13-11-15)21-19(14-20(26)28-16(2)23(27)25(3)4)24-22(29-21)18-8-6-5-7-9-18/h5-13,16H,14H2,1-4H3/t16-/m0/s1. The van der Waals surface area contributed by atoms with E-state index in [1.165, 1.54) is 10.5 Å². The number of carbonyl (C=O) groups excluding carboxylic acids is 2. The summed E-state index contributed by atoms with van der Waals surface area (Å²) in [6, 6.07) is 18.0. The van der Waals surface area contributed by atoms with E-state index in [-0.39, 0.29) is 12.3 Å². The van der Waals surface area contributed by atoms with Crippen molar-refractivity contribution in [3.63, 3.8) is 0 Å². The van der Waals surface area contributed by atoms with Crippen LogP contribution in [0.5, 0.6) is 0 Å². The summed E-state index contributed by atoms with van der Waals surface area (Å²) in [5, 5.41) is 0.849. The van der Waals surface area contributed by atoms with Gasteiger partial charge in [0.2, 0.25) is 0 Å². The topological polar surface area (TPSA) is 59.5 Å². The second kappa shape index (κ2) is 9.01. The molecule has 0 fully saturated rings. The van der Waals surface area contributed by atoms with E-state index >= 15 is 0 Å². The quantitative estimate of drug-likeness (QED) is 0.569. The fourth-order valence-electron chi connectivity index (χ4n) is 2.90. The molecule has 0 radical (unpaired) electrons. The predicted octanol–water partition coefficient (Wildman–Crippen LogP) is 4.35. The maximum atomic E-state index is 12.5. The summed E-state index contributed by atoms with van der Waals surface area (Å²) in [5.74, 6) is -0.716. The number of ether oxygens (including phenoxy) is 1. The molecule has 1 aromatic heterocycles. The van der Waals surface area contributed by atoms with Gasteiger partial charge in [-0.15, -0.1) is 11.3 Å². The number of nitrogens with zero attached hydrogens (tertiary/aromatic N) is 2. The fourth-order valence-corrected chi connectivity index (χ4v) is 3.99. The lowest BCUT2D eigenvalue weighted by atomic mass is 10.1. The van der Waals surface area contributed by atoms with Crippen molar-refractivity contribution in [2.75, 3.05) is 14.1 Å². The largest absolute Gasteiger partial charge is 0.452 e. The lowest BCUT2D eigenvalue weighted by Crippen LogP contribution is -2.35. The van der Waals surface area contributed by atoms with Crippen molar-refractivity contribution in [1.82, 2.24) is 9.88 Å². The average molecular weight is 409 g/mol. The highest BCUT2D eigenvalue weighted by Gasteiger charge is 2.22. The summed E-state index contributed by atoms with van der Waals surface area (Å²) < 4.78 is 5.34. The van der Waals surface area contributed by atoms with E-state index in [9.17, 15) is 9.59 Å². The third kappa shape index (κ3) is 5.09. The first-order chi connectivity index (χ1) is 13.8. The molecule has 0 unspecified atom stereocenters. The van der Waals surface area contributed by atoms with Crippen LogP contribution in [0.2, 0.25) is 0 Å². The zero-order chi connectivity index (χ0) is 21.0. The molecule has 150 valence electrons. The molecule has 29 heavy (non-hydrogen) atoms. The Morgan fingerprint density at radius 3 is 2.31 bits per heavy atom.